The average Bonchev–Trinajstić information content (AvgIpc) is 3.15. The number of carbonyl (C=O) groups is 1. The van der Waals surface area contributed by atoms with Crippen LogP contribution in [-0.4, -0.2) is 75.2 Å². The van der Waals surface area contributed by atoms with Crippen molar-refractivity contribution in [2.45, 2.75) is 52.3 Å². The van der Waals surface area contributed by atoms with Gasteiger partial charge in [-0.2, -0.15) is 23.3 Å². The standard InChI is InChI=1S/C23H33F3N8O/c1-15-18(13-34(31-15)16-6-10-32(4)11-7-16)29-21-28-12-17(23(24,25)26)19(30-21)27-8-5-9-33-14-22(2,3)20(33)35/h12-13,16H,5-11,14H2,1-4H3,(H2,27,28,29,30). The topological polar surface area (TPSA) is 91.2 Å². The molecular weight excluding hydrogens is 461 g/mol. The Morgan fingerprint density at radius 1 is 1.23 bits per heavy atom. The number of hydrogen-bond donors (Lipinski definition) is 2. The highest BCUT2D eigenvalue weighted by molar-refractivity contribution is 5.87. The van der Waals surface area contributed by atoms with E-state index in [0.717, 1.165) is 37.8 Å². The van der Waals surface area contributed by atoms with Crippen LogP contribution in [0.1, 0.15) is 50.4 Å². The van der Waals surface area contributed by atoms with E-state index in [0.29, 0.717) is 25.2 Å². The zero-order valence-electron chi connectivity index (χ0n) is 20.6. The van der Waals surface area contributed by atoms with E-state index in [1.807, 2.05) is 31.6 Å². The van der Waals surface area contributed by atoms with Crippen molar-refractivity contribution in [3.8, 4) is 0 Å². The van der Waals surface area contributed by atoms with E-state index in [2.05, 4.69) is 37.6 Å². The number of alkyl halides is 3. The van der Waals surface area contributed by atoms with Crippen molar-refractivity contribution in [1.82, 2.24) is 29.5 Å². The van der Waals surface area contributed by atoms with Gasteiger partial charge in [0.05, 0.1) is 22.8 Å². The molecule has 0 saturated carbocycles. The summed E-state index contributed by atoms with van der Waals surface area (Å²) in [6.45, 7) is 8.99. The predicted octanol–water partition coefficient (Wildman–Crippen LogP) is 3.68. The van der Waals surface area contributed by atoms with Crippen molar-refractivity contribution >= 4 is 23.4 Å². The molecule has 0 radical (unpaired) electrons. The maximum Gasteiger partial charge on any atom is 0.421 e. The molecule has 2 fully saturated rings. The Labute approximate surface area is 203 Å². The summed E-state index contributed by atoms with van der Waals surface area (Å²) in [5, 5.41) is 10.4. The van der Waals surface area contributed by atoms with Gasteiger partial charge in [0.2, 0.25) is 11.9 Å². The molecule has 0 aliphatic carbocycles. The molecule has 0 spiro atoms. The molecule has 0 atom stereocenters. The summed E-state index contributed by atoms with van der Waals surface area (Å²) >= 11 is 0. The number of hydrogen-bond acceptors (Lipinski definition) is 7. The average molecular weight is 495 g/mol. The van der Waals surface area contributed by atoms with Crippen LogP contribution >= 0.6 is 0 Å². The number of β-lactam (4-membered cyclic amide) rings is 1. The molecule has 0 bridgehead atoms. The van der Waals surface area contributed by atoms with E-state index in [9.17, 15) is 18.0 Å². The summed E-state index contributed by atoms with van der Waals surface area (Å²) in [6, 6.07) is 0.287. The highest BCUT2D eigenvalue weighted by Gasteiger charge is 2.43. The van der Waals surface area contributed by atoms with Gasteiger partial charge in [0.25, 0.3) is 0 Å². The molecule has 12 heteroatoms. The summed E-state index contributed by atoms with van der Waals surface area (Å²) in [7, 11) is 2.09. The molecule has 0 aromatic carbocycles. The maximum absolute atomic E-state index is 13.5. The van der Waals surface area contributed by atoms with Crippen LogP contribution in [0.25, 0.3) is 0 Å². The summed E-state index contributed by atoms with van der Waals surface area (Å²) < 4.78 is 42.5. The molecule has 2 aromatic rings. The quantitative estimate of drug-likeness (QED) is 0.427. The van der Waals surface area contributed by atoms with E-state index in [1.165, 1.54) is 0 Å². The molecular formula is C23H33F3N8O. The summed E-state index contributed by atoms with van der Waals surface area (Å²) in [6.07, 6.45) is 0.549. The van der Waals surface area contributed by atoms with Gasteiger partial charge in [0.15, 0.2) is 0 Å². The number of piperidine rings is 1. The van der Waals surface area contributed by atoms with Crippen LogP contribution in [0.2, 0.25) is 0 Å². The Kier molecular flexibility index (Phi) is 6.94. The summed E-state index contributed by atoms with van der Waals surface area (Å²) in [4.78, 5) is 24.0. The van der Waals surface area contributed by atoms with E-state index in [4.69, 9.17) is 0 Å². The molecule has 9 nitrogen and oxygen atoms in total. The van der Waals surface area contributed by atoms with Crippen molar-refractivity contribution in [1.29, 1.82) is 0 Å². The minimum absolute atomic E-state index is 0.0613. The minimum Gasteiger partial charge on any atom is -0.369 e. The Hall–Kier alpha value is -2.89. The first kappa shape index (κ1) is 25.2. The van der Waals surface area contributed by atoms with Crippen LogP contribution < -0.4 is 10.6 Å². The van der Waals surface area contributed by atoms with Gasteiger partial charge in [0.1, 0.15) is 11.4 Å². The number of rotatable bonds is 8. The lowest BCUT2D eigenvalue weighted by molar-refractivity contribution is -0.156. The molecule has 2 saturated heterocycles. The van der Waals surface area contributed by atoms with Crippen molar-refractivity contribution in [2.24, 2.45) is 5.41 Å². The second-order valence-electron chi connectivity index (χ2n) is 10.1. The predicted molar refractivity (Wildman–Crippen MR) is 127 cm³/mol. The number of anilines is 3. The molecule has 2 aliphatic heterocycles. The molecule has 2 aromatic heterocycles. The van der Waals surface area contributed by atoms with Crippen molar-refractivity contribution < 1.29 is 18.0 Å². The van der Waals surface area contributed by atoms with Crippen LogP contribution in [-0.2, 0) is 11.0 Å². The van der Waals surface area contributed by atoms with E-state index in [-0.39, 0.29) is 35.7 Å². The summed E-state index contributed by atoms with van der Waals surface area (Å²) in [5.74, 6) is -0.157. The zero-order chi connectivity index (χ0) is 25.4. The Morgan fingerprint density at radius 2 is 1.94 bits per heavy atom. The highest BCUT2D eigenvalue weighted by atomic mass is 19.4. The van der Waals surface area contributed by atoms with E-state index in [1.54, 1.807) is 4.90 Å². The fraction of sp³-hybridized carbons (Fsp3) is 0.652. The molecule has 2 N–H and O–H groups in total. The lowest BCUT2D eigenvalue weighted by Crippen LogP contribution is -2.58. The van der Waals surface area contributed by atoms with Gasteiger partial charge in [-0.25, -0.2) is 4.98 Å². The Morgan fingerprint density at radius 3 is 2.57 bits per heavy atom. The van der Waals surface area contributed by atoms with E-state index < -0.39 is 11.7 Å². The zero-order valence-corrected chi connectivity index (χ0v) is 20.6. The third-order valence-electron chi connectivity index (χ3n) is 6.67. The van der Waals surface area contributed by atoms with E-state index >= 15 is 0 Å². The highest BCUT2D eigenvalue weighted by Crippen LogP contribution is 2.35. The number of nitrogens with one attached hydrogen (secondary N) is 2. The van der Waals surface area contributed by atoms with Crippen LogP contribution in [0.15, 0.2) is 12.4 Å². The third-order valence-corrected chi connectivity index (χ3v) is 6.67. The smallest absolute Gasteiger partial charge is 0.369 e. The minimum atomic E-state index is -4.59. The molecule has 35 heavy (non-hydrogen) atoms. The first-order valence-corrected chi connectivity index (χ1v) is 11.9. The normalized spacial score (nSPS) is 19.1. The maximum atomic E-state index is 13.5. The number of halogens is 3. The largest absolute Gasteiger partial charge is 0.421 e. The number of nitrogens with zero attached hydrogens (tertiary/aromatic N) is 6. The molecule has 2 aliphatic rings. The SMILES string of the molecule is Cc1nn(C2CCN(C)CC2)cc1Nc1ncc(C(F)(F)F)c(NCCCN2CC(C)(C)C2=O)n1. The van der Waals surface area contributed by atoms with Crippen LogP contribution in [0, 0.1) is 12.3 Å². The van der Waals surface area contributed by atoms with Crippen molar-refractivity contribution in [3.63, 3.8) is 0 Å². The van der Waals surface area contributed by atoms with Crippen LogP contribution in [0.4, 0.5) is 30.6 Å². The molecule has 1 amide bonds. The van der Waals surface area contributed by atoms with Gasteiger partial charge in [-0.15, -0.1) is 0 Å². The van der Waals surface area contributed by atoms with Crippen LogP contribution in [0.5, 0.6) is 0 Å². The first-order valence-electron chi connectivity index (χ1n) is 11.9. The number of aryl methyl sites for hydroxylation is 1. The molecule has 4 heterocycles. The monoisotopic (exact) mass is 494 g/mol. The third kappa shape index (κ3) is 5.68. The Bertz CT molecular complexity index is 1060. The molecule has 0 unspecified atom stereocenters. The lowest BCUT2D eigenvalue weighted by Gasteiger charge is -2.44. The van der Waals surface area contributed by atoms with Crippen LogP contribution in [0.3, 0.4) is 0 Å². The lowest BCUT2D eigenvalue weighted by atomic mass is 9.83. The van der Waals surface area contributed by atoms with Crippen molar-refractivity contribution in [3.05, 3.63) is 23.7 Å². The summed E-state index contributed by atoms with van der Waals surface area (Å²) in [5.41, 5.74) is 0.115. The van der Waals surface area contributed by atoms with Gasteiger partial charge >= 0.3 is 6.18 Å². The van der Waals surface area contributed by atoms with Gasteiger partial charge in [-0.3, -0.25) is 9.48 Å². The van der Waals surface area contributed by atoms with Gasteiger partial charge < -0.3 is 20.4 Å². The van der Waals surface area contributed by atoms with Gasteiger partial charge in [0, 0.05) is 32.0 Å². The van der Waals surface area contributed by atoms with Crippen molar-refractivity contribution in [2.75, 3.05) is 50.4 Å². The Balaban J connectivity index is 1.41. The second-order valence-corrected chi connectivity index (χ2v) is 10.1. The molecule has 4 rings (SSSR count). The number of carbonyl (C=O) groups excluding carboxylic acids is 1. The first-order chi connectivity index (χ1) is 16.4. The van der Waals surface area contributed by atoms with Gasteiger partial charge in [-0.1, -0.05) is 0 Å². The molecule has 192 valence electrons. The second kappa shape index (κ2) is 9.63. The fourth-order valence-electron chi connectivity index (χ4n) is 4.57. The van der Waals surface area contributed by atoms with Gasteiger partial charge in [-0.05, 0) is 60.2 Å². The number of likely N-dealkylation sites (tertiary alicyclic amines) is 2. The fourth-order valence-corrected chi connectivity index (χ4v) is 4.57. The number of aromatic nitrogens is 4. The number of amides is 1.